The van der Waals surface area contributed by atoms with Gasteiger partial charge in [0.1, 0.15) is 0 Å². The van der Waals surface area contributed by atoms with Gasteiger partial charge in [-0.1, -0.05) is 129 Å². The third kappa shape index (κ3) is 6.60. The lowest BCUT2D eigenvalue weighted by Crippen LogP contribution is -2.39. The van der Waals surface area contributed by atoms with Crippen LogP contribution in [0.3, 0.4) is 0 Å². The molecule has 2 rings (SSSR count). The number of hydrogen-bond donors (Lipinski definition) is 0. The lowest BCUT2D eigenvalue weighted by molar-refractivity contribution is 0.177. The summed E-state index contributed by atoms with van der Waals surface area (Å²) >= 11 is 8.51. The largest absolute Gasteiger partial charge is 0.0864 e. The summed E-state index contributed by atoms with van der Waals surface area (Å²) in [5.41, 5.74) is 0. The van der Waals surface area contributed by atoms with Gasteiger partial charge in [0, 0.05) is 0 Å². The van der Waals surface area contributed by atoms with Gasteiger partial charge in [-0.25, -0.2) is 0 Å². The second-order valence-corrected chi connectivity index (χ2v) is 12.3. The average Bonchev–Trinajstić information content (AvgIpc) is 2.62. The molecule has 1 unspecified atom stereocenters. The van der Waals surface area contributed by atoms with Crippen LogP contribution in [0, 0.1) is 17.8 Å². The van der Waals surface area contributed by atoms with E-state index in [9.17, 15) is 0 Å². The van der Waals surface area contributed by atoms with Gasteiger partial charge in [-0.2, -0.15) is 0 Å². The maximum atomic E-state index is 4.26. The van der Waals surface area contributed by atoms with Crippen LogP contribution in [0.25, 0.3) is 0 Å². The van der Waals surface area contributed by atoms with Crippen LogP contribution in [0.4, 0.5) is 0 Å². The Hall–Kier alpha value is 0.960. The SMILES string of the molecule is CCCCCCCCC(C1CCCCC1)C(Br)(Br)C1CCCCC1. The Balaban J connectivity index is 1.90. The summed E-state index contributed by atoms with van der Waals surface area (Å²) in [4.78, 5) is 0. The van der Waals surface area contributed by atoms with Gasteiger partial charge in [-0.05, 0) is 37.0 Å². The highest BCUT2D eigenvalue weighted by molar-refractivity contribution is 9.25. The summed E-state index contributed by atoms with van der Waals surface area (Å²) < 4.78 is 0.214. The highest BCUT2D eigenvalue weighted by Gasteiger charge is 2.44. The van der Waals surface area contributed by atoms with Crippen molar-refractivity contribution in [3.8, 4) is 0 Å². The van der Waals surface area contributed by atoms with E-state index in [4.69, 9.17) is 0 Å². The zero-order chi connectivity index (χ0) is 17.3. The Morgan fingerprint density at radius 3 is 1.92 bits per heavy atom. The number of alkyl halides is 2. The van der Waals surface area contributed by atoms with Crippen molar-refractivity contribution in [2.75, 3.05) is 0 Å². The normalized spacial score (nSPS) is 22.6. The quantitative estimate of drug-likeness (QED) is 0.224. The maximum absolute atomic E-state index is 4.26. The highest BCUT2D eigenvalue weighted by Crippen LogP contribution is 2.53. The minimum absolute atomic E-state index is 0.214. The van der Waals surface area contributed by atoms with Crippen LogP contribution in [0.5, 0.6) is 0 Å². The number of hydrogen-bond acceptors (Lipinski definition) is 0. The predicted octanol–water partition coefficient (Wildman–Crippen LogP) is 9.00. The fourth-order valence-corrected chi connectivity index (χ4v) is 7.33. The first-order valence-electron chi connectivity index (χ1n) is 11.0. The third-order valence-electron chi connectivity index (χ3n) is 6.73. The molecule has 2 aliphatic rings. The fourth-order valence-electron chi connectivity index (χ4n) is 5.21. The molecule has 0 saturated heterocycles. The van der Waals surface area contributed by atoms with Gasteiger partial charge in [0.2, 0.25) is 0 Å². The van der Waals surface area contributed by atoms with E-state index in [1.54, 1.807) is 0 Å². The van der Waals surface area contributed by atoms with Gasteiger partial charge >= 0.3 is 0 Å². The van der Waals surface area contributed by atoms with Gasteiger partial charge in [-0.3, -0.25) is 0 Å². The third-order valence-corrected chi connectivity index (χ3v) is 9.20. The molecule has 0 nitrogen and oxygen atoms in total. The molecular weight excluding hydrogens is 424 g/mol. The maximum Gasteiger partial charge on any atom is 0.0864 e. The number of halogens is 2. The van der Waals surface area contributed by atoms with E-state index >= 15 is 0 Å². The molecule has 0 aliphatic heterocycles. The van der Waals surface area contributed by atoms with Crippen molar-refractivity contribution in [3.63, 3.8) is 0 Å². The summed E-state index contributed by atoms with van der Waals surface area (Å²) in [5.74, 6) is 2.64. The van der Waals surface area contributed by atoms with Crippen LogP contribution in [-0.4, -0.2) is 3.23 Å². The Labute approximate surface area is 168 Å². The Kier molecular flexibility index (Phi) is 10.3. The van der Waals surface area contributed by atoms with E-state index in [1.165, 1.54) is 109 Å². The summed E-state index contributed by atoms with van der Waals surface area (Å²) in [7, 11) is 0. The monoisotopic (exact) mass is 462 g/mol. The van der Waals surface area contributed by atoms with Crippen LogP contribution in [0.1, 0.15) is 116 Å². The Morgan fingerprint density at radius 2 is 1.29 bits per heavy atom. The van der Waals surface area contributed by atoms with Crippen molar-refractivity contribution >= 4 is 31.9 Å². The highest BCUT2D eigenvalue weighted by atomic mass is 79.9. The molecule has 0 bridgehead atoms. The van der Waals surface area contributed by atoms with Gasteiger partial charge in [0.25, 0.3) is 0 Å². The molecule has 0 aromatic heterocycles. The van der Waals surface area contributed by atoms with E-state index in [0.717, 1.165) is 17.8 Å². The van der Waals surface area contributed by atoms with Crippen LogP contribution >= 0.6 is 31.9 Å². The van der Waals surface area contributed by atoms with E-state index in [0.29, 0.717) is 0 Å². The minimum atomic E-state index is 0.214. The van der Waals surface area contributed by atoms with E-state index < -0.39 is 0 Å². The first kappa shape index (κ1) is 21.3. The first-order chi connectivity index (χ1) is 11.7. The predicted molar refractivity (Wildman–Crippen MR) is 115 cm³/mol. The molecule has 0 N–H and O–H groups in total. The molecule has 0 aromatic rings. The molecular formula is C22H40Br2. The zero-order valence-electron chi connectivity index (χ0n) is 16.0. The number of rotatable bonds is 10. The van der Waals surface area contributed by atoms with Crippen LogP contribution < -0.4 is 0 Å². The molecule has 2 fully saturated rings. The average molecular weight is 464 g/mol. The molecule has 0 heterocycles. The van der Waals surface area contributed by atoms with Crippen molar-refractivity contribution in [3.05, 3.63) is 0 Å². The fraction of sp³-hybridized carbons (Fsp3) is 1.00. The molecule has 0 radical (unpaired) electrons. The smallest absolute Gasteiger partial charge is 0.0721 e. The first-order valence-corrected chi connectivity index (χ1v) is 12.6. The molecule has 0 aromatic carbocycles. The minimum Gasteiger partial charge on any atom is -0.0721 e. The number of unbranched alkanes of at least 4 members (excludes halogenated alkanes) is 5. The Morgan fingerprint density at radius 1 is 0.750 bits per heavy atom. The van der Waals surface area contributed by atoms with Gasteiger partial charge in [-0.15, -0.1) is 0 Å². The molecule has 0 spiro atoms. The molecule has 142 valence electrons. The summed E-state index contributed by atoms with van der Waals surface area (Å²) in [6.45, 7) is 2.31. The van der Waals surface area contributed by atoms with Crippen molar-refractivity contribution in [1.82, 2.24) is 0 Å². The summed E-state index contributed by atoms with van der Waals surface area (Å²) in [6, 6.07) is 0. The summed E-state index contributed by atoms with van der Waals surface area (Å²) in [5, 5.41) is 0. The van der Waals surface area contributed by atoms with E-state index in [2.05, 4.69) is 38.8 Å². The van der Waals surface area contributed by atoms with Crippen LogP contribution in [0.15, 0.2) is 0 Å². The molecule has 1 atom stereocenters. The topological polar surface area (TPSA) is 0 Å². The van der Waals surface area contributed by atoms with E-state index in [-0.39, 0.29) is 3.23 Å². The molecule has 24 heavy (non-hydrogen) atoms. The molecule has 2 heteroatoms. The lowest BCUT2D eigenvalue weighted by Gasteiger charge is -2.44. The van der Waals surface area contributed by atoms with Gasteiger partial charge < -0.3 is 0 Å². The van der Waals surface area contributed by atoms with Crippen LogP contribution in [0.2, 0.25) is 0 Å². The van der Waals surface area contributed by atoms with Gasteiger partial charge in [0.15, 0.2) is 0 Å². The Bertz CT molecular complexity index is 314. The van der Waals surface area contributed by atoms with Crippen molar-refractivity contribution in [1.29, 1.82) is 0 Å². The lowest BCUT2D eigenvalue weighted by atomic mass is 9.71. The molecule has 0 amide bonds. The summed E-state index contributed by atoms with van der Waals surface area (Å²) in [6.07, 6.45) is 24.6. The zero-order valence-corrected chi connectivity index (χ0v) is 19.2. The van der Waals surface area contributed by atoms with Crippen molar-refractivity contribution < 1.29 is 0 Å². The van der Waals surface area contributed by atoms with Gasteiger partial charge in [0.05, 0.1) is 3.23 Å². The van der Waals surface area contributed by atoms with E-state index in [1.807, 2.05) is 0 Å². The van der Waals surface area contributed by atoms with Crippen molar-refractivity contribution in [2.24, 2.45) is 17.8 Å². The van der Waals surface area contributed by atoms with Crippen molar-refractivity contribution in [2.45, 2.75) is 119 Å². The van der Waals surface area contributed by atoms with Crippen LogP contribution in [-0.2, 0) is 0 Å². The standard InChI is InChI=1S/C22H40Br2/c1-2-3-4-5-6-13-18-21(19-14-9-7-10-15-19)22(23,24)20-16-11-8-12-17-20/h19-21H,2-18H2,1H3. The molecule has 2 saturated carbocycles. The molecule has 2 aliphatic carbocycles. The second kappa shape index (κ2) is 11.6. The second-order valence-electron chi connectivity index (χ2n) is 8.57.